The second-order valence-electron chi connectivity index (χ2n) is 25.2. The van der Waals surface area contributed by atoms with E-state index in [1.165, 1.54) is 0 Å². The van der Waals surface area contributed by atoms with Gasteiger partial charge in [-0.05, 0) is 115 Å². The van der Waals surface area contributed by atoms with Crippen LogP contribution in [0.1, 0.15) is 116 Å². The summed E-state index contributed by atoms with van der Waals surface area (Å²) in [6, 6.07) is 3.88. The lowest BCUT2D eigenvalue weighted by Gasteiger charge is -2.72. The van der Waals surface area contributed by atoms with Crippen LogP contribution in [-0.2, 0) is 30.2 Å². The van der Waals surface area contributed by atoms with Crippen molar-refractivity contribution in [2.45, 2.75) is 156 Å². The van der Waals surface area contributed by atoms with E-state index < -0.39 is 91.1 Å². The zero-order valence-corrected chi connectivity index (χ0v) is 39.3. The van der Waals surface area contributed by atoms with E-state index in [9.17, 15) is 0 Å². The van der Waals surface area contributed by atoms with Crippen LogP contribution in [0.5, 0.6) is 11.5 Å². The van der Waals surface area contributed by atoms with Gasteiger partial charge in [0, 0.05) is 47.2 Å². The number of hydrogen-bond donors (Lipinski definition) is 4. The number of nitrogens with zero attached hydrogens (tertiary/aromatic N) is 3. The summed E-state index contributed by atoms with van der Waals surface area (Å²) >= 11 is 0. The Labute approximate surface area is 388 Å². The second-order valence-corrected chi connectivity index (χ2v) is 25.2. The Bertz CT molecular complexity index is 2930. The number of fused-ring (bicyclic) bond motifs is 10. The van der Waals surface area contributed by atoms with Gasteiger partial charge in [-0.1, -0.05) is 27.7 Å². The summed E-state index contributed by atoms with van der Waals surface area (Å²) in [6.45, 7) is 16.5. The Balaban J connectivity index is 1.14. The highest BCUT2D eigenvalue weighted by atomic mass is 16.5. The molecule has 2 saturated carbocycles. The van der Waals surface area contributed by atoms with Gasteiger partial charge in [0.2, 0.25) is 17.7 Å². The highest BCUT2D eigenvalue weighted by Crippen LogP contribution is 2.82. The van der Waals surface area contributed by atoms with Gasteiger partial charge in [0.15, 0.2) is 5.60 Å². The predicted octanol–water partition coefficient (Wildman–Crippen LogP) is 2.26. The van der Waals surface area contributed by atoms with E-state index in [1.807, 2.05) is 91.8 Å². The molecule has 15 heteroatoms. The van der Waals surface area contributed by atoms with Crippen LogP contribution in [0.15, 0.2) is 36.4 Å². The summed E-state index contributed by atoms with van der Waals surface area (Å²) in [5.74, 6) is -2.83. The molecule has 0 aromatic heterocycles. The Hall–Kier alpha value is -4.80. The van der Waals surface area contributed by atoms with Crippen molar-refractivity contribution in [3.63, 3.8) is 0 Å². The molecule has 11 fully saturated rings. The molecule has 5 spiro atoms. The van der Waals surface area contributed by atoms with Crippen LogP contribution in [0.2, 0.25) is 0 Å². The van der Waals surface area contributed by atoms with Crippen molar-refractivity contribution in [2.75, 3.05) is 13.1 Å². The van der Waals surface area contributed by atoms with Crippen LogP contribution in [0.3, 0.4) is 0 Å². The molecule has 4 amide bonds. The average Bonchev–Trinajstić information content (AvgIpc) is 4.05. The molecule has 350 valence electrons. The average molecular weight is 911 g/mol. The monoisotopic (exact) mass is 910 g/mol. The standard InChI is InChI=1S/C52H58N6O9/c1-43(2)19-15-25-29(66-43)13-11-27-33(25)57(64)36-45(5,6)31-23-47-17-9-21-54(47)41(61)50(31,53-39(47)59)38-49(27,36)35-51-32(24-48(40(60)56(38)51)18-10-22-55(48)42(51)62)46(7,8)37-52(35,63)28-12-14-30-26(34(28)58(37)65)16-20-44(3,4)67-30/h11-16,19-20,31-32,35-38,57-58,63H,9-10,17-18,21-24H2,1-8H3,(H,53,59)/t31?,32?,35-,36?,37?,38+,47+,48-,49?,50?,51?,52+/m1/s1. The molecule has 13 heterocycles. The van der Waals surface area contributed by atoms with Crippen molar-refractivity contribution in [1.29, 1.82) is 0 Å². The number of amides is 4. The maximum Gasteiger partial charge on any atom is 0.251 e. The van der Waals surface area contributed by atoms with Gasteiger partial charge < -0.3 is 55.1 Å². The van der Waals surface area contributed by atoms with Gasteiger partial charge >= 0.3 is 0 Å². The number of hydroxylamine groups is 2. The Morgan fingerprint density at radius 3 is 1.87 bits per heavy atom. The van der Waals surface area contributed by atoms with E-state index in [0.717, 1.165) is 0 Å². The molecule has 9 unspecified atom stereocenters. The maximum absolute atomic E-state index is 16.8. The SMILES string of the molecule is CC1(C)C=Cc2c(ccc3c2[NH+]([O-])C2C(C)(C)C4C[C@]56CCCN5C(=O)C4(NC6=O)[C@H]4N5C(=O)[C@]67CCCN6C(=O)C56C(C7)C(C)(C)C5[NH+]([O-])c7c(ccc8c7C=CC(C)(C)O8)[C@]5(O)[C@@H]6C324)O1. The highest BCUT2D eigenvalue weighted by molar-refractivity contribution is 6.11. The van der Waals surface area contributed by atoms with Gasteiger partial charge in [0.25, 0.3) is 5.91 Å². The second kappa shape index (κ2) is 10.8. The summed E-state index contributed by atoms with van der Waals surface area (Å²) < 4.78 is 13.1. The fourth-order valence-electron chi connectivity index (χ4n) is 19.5. The van der Waals surface area contributed by atoms with Gasteiger partial charge in [-0.2, -0.15) is 0 Å². The van der Waals surface area contributed by atoms with Crippen molar-refractivity contribution < 1.29 is 43.9 Å². The van der Waals surface area contributed by atoms with Crippen LogP contribution in [0.4, 0.5) is 11.4 Å². The third-order valence-corrected chi connectivity index (χ3v) is 21.2. The van der Waals surface area contributed by atoms with Crippen molar-refractivity contribution in [3.8, 4) is 11.5 Å². The number of aliphatic hydroxyl groups is 1. The largest absolute Gasteiger partial charge is 0.629 e. The molecule has 4 bridgehead atoms. The highest BCUT2D eigenvalue weighted by Gasteiger charge is 2.99. The number of carbonyl (C=O) groups excluding carboxylic acids is 4. The van der Waals surface area contributed by atoms with Crippen molar-refractivity contribution in [3.05, 3.63) is 69.1 Å². The van der Waals surface area contributed by atoms with Gasteiger partial charge in [0.1, 0.15) is 68.3 Å². The van der Waals surface area contributed by atoms with E-state index in [2.05, 4.69) is 5.32 Å². The topological polar surface area (TPSA) is 184 Å². The van der Waals surface area contributed by atoms with Gasteiger partial charge in [-0.3, -0.25) is 19.2 Å². The number of quaternary nitrogens is 2. The summed E-state index contributed by atoms with van der Waals surface area (Å²) in [7, 11) is 0. The minimum Gasteiger partial charge on any atom is -0.629 e. The first-order valence-corrected chi connectivity index (χ1v) is 24.7. The first-order valence-electron chi connectivity index (χ1n) is 24.7. The molecule has 17 rings (SSSR count). The molecular formula is C52H58N6O9. The van der Waals surface area contributed by atoms with Gasteiger partial charge in [0.05, 0.1) is 28.1 Å². The molecule has 15 nitrogen and oxygen atoms in total. The number of nitrogens with one attached hydrogen (secondary N) is 3. The van der Waals surface area contributed by atoms with Crippen LogP contribution in [-0.4, -0.2) is 108 Å². The number of piperidine rings is 4. The van der Waals surface area contributed by atoms with Gasteiger partial charge in [-0.15, -0.1) is 0 Å². The Morgan fingerprint density at radius 1 is 0.687 bits per heavy atom. The van der Waals surface area contributed by atoms with E-state index in [-0.39, 0.29) is 40.2 Å². The molecule has 2 aromatic carbocycles. The first-order chi connectivity index (χ1) is 31.5. The fraction of sp³-hybridized carbons (Fsp3) is 0.615. The van der Waals surface area contributed by atoms with Crippen LogP contribution >= 0.6 is 0 Å². The normalized spacial score (nSPS) is 47.4. The quantitative estimate of drug-likeness (QED) is 0.288. The summed E-state index contributed by atoms with van der Waals surface area (Å²) in [5.41, 5.74) is -10.9. The zero-order valence-electron chi connectivity index (χ0n) is 39.3. The number of ether oxygens (including phenoxy) is 2. The molecule has 2 aliphatic carbocycles. The molecule has 67 heavy (non-hydrogen) atoms. The first kappa shape index (κ1) is 40.1. The smallest absolute Gasteiger partial charge is 0.251 e. The third kappa shape index (κ3) is 3.60. The van der Waals surface area contributed by atoms with Crippen molar-refractivity contribution >= 4 is 47.2 Å². The predicted molar refractivity (Wildman–Crippen MR) is 240 cm³/mol. The number of hydrogen-bond acceptors (Lipinski definition) is 9. The van der Waals surface area contributed by atoms with E-state index in [1.54, 1.807) is 26.8 Å². The Kier molecular flexibility index (Phi) is 6.48. The van der Waals surface area contributed by atoms with Crippen molar-refractivity contribution in [1.82, 2.24) is 20.0 Å². The lowest BCUT2D eigenvalue weighted by atomic mass is 9.35. The molecular weight excluding hydrogens is 853 g/mol. The molecule has 4 N–H and O–H groups in total. The molecule has 9 saturated heterocycles. The molecule has 13 aliphatic heterocycles. The lowest BCUT2D eigenvalue weighted by molar-refractivity contribution is -0.827. The summed E-state index contributed by atoms with van der Waals surface area (Å²) in [5, 5.41) is 50.8. The fourth-order valence-corrected chi connectivity index (χ4v) is 19.5. The number of rotatable bonds is 0. The Morgan fingerprint density at radius 2 is 1.22 bits per heavy atom. The maximum atomic E-state index is 16.8. The number of carbonyl (C=O) groups is 4. The molecule has 15 aliphatic rings. The molecule has 14 atom stereocenters. The minimum absolute atomic E-state index is 0.204. The van der Waals surface area contributed by atoms with Crippen LogP contribution < -0.4 is 24.9 Å². The minimum atomic E-state index is -2.19. The van der Waals surface area contributed by atoms with Crippen molar-refractivity contribution in [2.24, 2.45) is 28.6 Å². The summed E-state index contributed by atoms with van der Waals surface area (Å²) in [6.07, 6.45) is 10.3. The lowest BCUT2D eigenvalue weighted by Crippen LogP contribution is -3.12. The number of benzene rings is 2. The van der Waals surface area contributed by atoms with Gasteiger partial charge in [-0.25, -0.2) is 0 Å². The van der Waals surface area contributed by atoms with E-state index in [4.69, 9.17) is 9.47 Å². The molecule has 2 aromatic rings. The van der Waals surface area contributed by atoms with E-state index in [0.29, 0.717) is 90.3 Å². The summed E-state index contributed by atoms with van der Waals surface area (Å²) in [4.78, 5) is 70.4. The van der Waals surface area contributed by atoms with Crippen LogP contribution in [0.25, 0.3) is 12.2 Å². The zero-order chi connectivity index (χ0) is 46.7. The van der Waals surface area contributed by atoms with Crippen LogP contribution in [0, 0.1) is 39.0 Å². The number of piperazine rings is 2. The van der Waals surface area contributed by atoms with E-state index >= 15 is 34.7 Å². The molecule has 0 radical (unpaired) electrons. The third-order valence-electron chi connectivity index (χ3n) is 21.2.